The molecule has 27 heavy (non-hydrogen) atoms. The lowest BCUT2D eigenvalue weighted by Gasteiger charge is -2.08. The van der Waals surface area contributed by atoms with Crippen LogP contribution in [0.15, 0.2) is 48.7 Å². The number of carbonyl (C=O) groups excluding carboxylic acids is 2. The van der Waals surface area contributed by atoms with Crippen LogP contribution in [0.1, 0.15) is 12.0 Å². The minimum absolute atomic E-state index is 0.252. The van der Waals surface area contributed by atoms with Crippen LogP contribution in [0.4, 0.5) is 5.69 Å². The summed E-state index contributed by atoms with van der Waals surface area (Å²) in [4.78, 5) is 27.2. The topological polar surface area (TPSA) is 83.2 Å². The molecule has 3 N–H and O–H groups in total. The first kappa shape index (κ1) is 18.8. The fraction of sp³-hybridized carbons (Fsp3) is 0.200. The number of halogens is 1. The highest BCUT2D eigenvalue weighted by Gasteiger charge is 2.11. The molecule has 0 aliphatic heterocycles. The standard InChI is InChI=1S/C20H20ClN3O3/c1-27-18-7-6-14(10-16(18)21)24-20(26)11-19(25)22-9-8-13-12-23-17-5-3-2-4-15(13)17/h2-7,10,12,23H,8-9,11H2,1H3,(H,22,25)(H,24,26). The van der Waals surface area contributed by atoms with Crippen molar-refractivity contribution in [2.75, 3.05) is 19.0 Å². The van der Waals surface area contributed by atoms with Crippen LogP contribution in [0.25, 0.3) is 10.9 Å². The molecule has 0 radical (unpaired) electrons. The molecular formula is C20H20ClN3O3. The second kappa shape index (κ2) is 8.60. The summed E-state index contributed by atoms with van der Waals surface area (Å²) in [6.45, 7) is 0.461. The van der Waals surface area contributed by atoms with Crippen molar-refractivity contribution in [3.05, 3.63) is 59.2 Å². The Bertz CT molecular complexity index is 968. The molecule has 6 nitrogen and oxygen atoms in total. The number of anilines is 1. The molecule has 1 aromatic heterocycles. The van der Waals surface area contributed by atoms with Crippen molar-refractivity contribution in [3.63, 3.8) is 0 Å². The van der Waals surface area contributed by atoms with Crippen molar-refractivity contribution in [3.8, 4) is 5.75 Å². The third kappa shape index (κ3) is 4.80. The Balaban J connectivity index is 1.46. The SMILES string of the molecule is COc1ccc(NC(=O)CC(=O)NCCc2c[nH]c3ccccc23)cc1Cl. The van der Waals surface area contributed by atoms with Crippen LogP contribution in [-0.4, -0.2) is 30.5 Å². The molecule has 3 aromatic rings. The Morgan fingerprint density at radius 1 is 1.15 bits per heavy atom. The third-order valence-electron chi connectivity index (χ3n) is 4.15. The summed E-state index contributed by atoms with van der Waals surface area (Å²) in [5.74, 6) is -0.211. The molecule has 0 aliphatic carbocycles. The van der Waals surface area contributed by atoms with Gasteiger partial charge in [0, 0.05) is 29.3 Å². The maximum absolute atomic E-state index is 12.0. The van der Waals surface area contributed by atoms with Gasteiger partial charge in [-0.1, -0.05) is 29.8 Å². The zero-order valence-corrected chi connectivity index (χ0v) is 15.6. The Labute approximate surface area is 161 Å². The molecule has 7 heteroatoms. The Hall–Kier alpha value is -2.99. The van der Waals surface area contributed by atoms with Gasteiger partial charge in [0.05, 0.1) is 12.1 Å². The summed E-state index contributed by atoms with van der Waals surface area (Å²) in [5.41, 5.74) is 2.71. The highest BCUT2D eigenvalue weighted by molar-refractivity contribution is 6.32. The van der Waals surface area contributed by atoms with E-state index in [1.807, 2.05) is 30.5 Å². The van der Waals surface area contributed by atoms with E-state index in [9.17, 15) is 9.59 Å². The van der Waals surface area contributed by atoms with Gasteiger partial charge in [0.25, 0.3) is 0 Å². The first-order valence-corrected chi connectivity index (χ1v) is 8.89. The van der Waals surface area contributed by atoms with Crippen LogP contribution in [0, 0.1) is 0 Å². The van der Waals surface area contributed by atoms with Gasteiger partial charge >= 0.3 is 0 Å². The highest BCUT2D eigenvalue weighted by atomic mass is 35.5. The molecule has 2 amide bonds. The number of amides is 2. The lowest BCUT2D eigenvalue weighted by molar-refractivity contribution is -0.126. The molecule has 0 aliphatic rings. The summed E-state index contributed by atoms with van der Waals surface area (Å²) < 4.78 is 5.06. The lowest BCUT2D eigenvalue weighted by Crippen LogP contribution is -2.29. The quantitative estimate of drug-likeness (QED) is 0.544. The molecule has 0 saturated carbocycles. The molecule has 1 heterocycles. The van der Waals surface area contributed by atoms with Crippen molar-refractivity contribution >= 4 is 40.0 Å². The molecule has 0 bridgehead atoms. The number of fused-ring (bicyclic) bond motifs is 1. The normalized spacial score (nSPS) is 10.6. The van der Waals surface area contributed by atoms with E-state index in [1.54, 1.807) is 18.2 Å². The molecule has 2 aromatic carbocycles. The maximum Gasteiger partial charge on any atom is 0.233 e. The van der Waals surface area contributed by atoms with Crippen LogP contribution in [-0.2, 0) is 16.0 Å². The van der Waals surface area contributed by atoms with Crippen molar-refractivity contribution in [1.82, 2.24) is 10.3 Å². The minimum Gasteiger partial charge on any atom is -0.495 e. The van der Waals surface area contributed by atoms with Crippen LogP contribution in [0.3, 0.4) is 0 Å². The number of benzene rings is 2. The van der Waals surface area contributed by atoms with Crippen LogP contribution >= 0.6 is 11.6 Å². The second-order valence-electron chi connectivity index (χ2n) is 6.03. The van der Waals surface area contributed by atoms with E-state index in [0.29, 0.717) is 29.4 Å². The summed E-state index contributed by atoms with van der Waals surface area (Å²) in [7, 11) is 1.51. The number of methoxy groups -OCH3 is 1. The van der Waals surface area contributed by atoms with Crippen molar-refractivity contribution in [2.45, 2.75) is 12.8 Å². The van der Waals surface area contributed by atoms with Crippen molar-refractivity contribution < 1.29 is 14.3 Å². The summed E-state index contributed by atoms with van der Waals surface area (Å²) in [6, 6.07) is 12.9. The number of para-hydroxylation sites is 1. The largest absolute Gasteiger partial charge is 0.495 e. The number of rotatable bonds is 7. The molecule has 3 rings (SSSR count). The summed E-state index contributed by atoms with van der Waals surface area (Å²) >= 11 is 6.02. The molecule has 0 fully saturated rings. The molecule has 140 valence electrons. The number of carbonyl (C=O) groups is 2. The molecule has 0 atom stereocenters. The second-order valence-corrected chi connectivity index (χ2v) is 6.44. The van der Waals surface area contributed by atoms with Crippen LogP contribution in [0.2, 0.25) is 5.02 Å². The number of H-pyrrole nitrogens is 1. The van der Waals surface area contributed by atoms with Gasteiger partial charge in [-0.05, 0) is 36.2 Å². The number of hydrogen-bond acceptors (Lipinski definition) is 3. The fourth-order valence-corrected chi connectivity index (χ4v) is 3.09. The van der Waals surface area contributed by atoms with Gasteiger partial charge in [0.2, 0.25) is 11.8 Å². The van der Waals surface area contributed by atoms with Crippen LogP contribution in [0.5, 0.6) is 5.75 Å². The van der Waals surface area contributed by atoms with Gasteiger partial charge < -0.3 is 20.4 Å². The molecule has 0 spiro atoms. The number of nitrogens with one attached hydrogen (secondary N) is 3. The Kier molecular flexibility index (Phi) is 5.98. The van der Waals surface area contributed by atoms with Gasteiger partial charge in [-0.3, -0.25) is 9.59 Å². The van der Waals surface area contributed by atoms with Gasteiger partial charge in [0.1, 0.15) is 12.2 Å². The minimum atomic E-state index is -0.402. The van der Waals surface area contributed by atoms with Crippen LogP contribution < -0.4 is 15.4 Å². The van der Waals surface area contributed by atoms with E-state index in [0.717, 1.165) is 16.5 Å². The molecule has 0 unspecified atom stereocenters. The average Bonchev–Trinajstić information content (AvgIpc) is 3.05. The monoisotopic (exact) mass is 385 g/mol. The highest BCUT2D eigenvalue weighted by Crippen LogP contribution is 2.27. The third-order valence-corrected chi connectivity index (χ3v) is 4.44. The first-order chi connectivity index (χ1) is 13.1. The number of aromatic amines is 1. The number of hydrogen-bond donors (Lipinski definition) is 3. The van der Waals surface area contributed by atoms with Gasteiger partial charge in [-0.25, -0.2) is 0 Å². The summed E-state index contributed by atoms with van der Waals surface area (Å²) in [5, 5.41) is 6.95. The van der Waals surface area contributed by atoms with E-state index < -0.39 is 5.91 Å². The zero-order chi connectivity index (χ0) is 19.2. The van der Waals surface area contributed by atoms with E-state index in [-0.39, 0.29) is 12.3 Å². The smallest absolute Gasteiger partial charge is 0.233 e. The number of aromatic nitrogens is 1. The first-order valence-electron chi connectivity index (χ1n) is 8.52. The fourth-order valence-electron chi connectivity index (χ4n) is 2.83. The van der Waals surface area contributed by atoms with Crippen molar-refractivity contribution in [1.29, 1.82) is 0 Å². The predicted molar refractivity (Wildman–Crippen MR) is 106 cm³/mol. The van der Waals surface area contributed by atoms with E-state index in [4.69, 9.17) is 16.3 Å². The zero-order valence-electron chi connectivity index (χ0n) is 14.8. The number of ether oxygens (including phenoxy) is 1. The van der Waals surface area contributed by atoms with E-state index >= 15 is 0 Å². The molecule has 0 saturated heterocycles. The predicted octanol–water partition coefficient (Wildman–Crippen LogP) is 3.52. The summed E-state index contributed by atoms with van der Waals surface area (Å²) in [6.07, 6.45) is 2.37. The van der Waals surface area contributed by atoms with Crippen molar-refractivity contribution in [2.24, 2.45) is 0 Å². The molecular weight excluding hydrogens is 366 g/mol. The van der Waals surface area contributed by atoms with E-state index in [2.05, 4.69) is 15.6 Å². The van der Waals surface area contributed by atoms with Gasteiger partial charge in [0.15, 0.2) is 0 Å². The average molecular weight is 386 g/mol. The van der Waals surface area contributed by atoms with E-state index in [1.165, 1.54) is 7.11 Å². The maximum atomic E-state index is 12.0. The van der Waals surface area contributed by atoms with Gasteiger partial charge in [-0.2, -0.15) is 0 Å². The Morgan fingerprint density at radius 2 is 1.96 bits per heavy atom. The van der Waals surface area contributed by atoms with Gasteiger partial charge in [-0.15, -0.1) is 0 Å². The Morgan fingerprint density at radius 3 is 2.74 bits per heavy atom. The lowest BCUT2D eigenvalue weighted by atomic mass is 10.1.